The van der Waals surface area contributed by atoms with Crippen LogP contribution < -0.4 is 15.8 Å². The Morgan fingerprint density at radius 3 is 2.52 bits per heavy atom. The molecule has 2 aromatic rings. The second-order valence-electron chi connectivity index (χ2n) is 11.5. The molecular weight excluding hydrogens is 606 g/mol. The molecule has 2 aliphatic heterocycles. The Labute approximate surface area is 264 Å². The van der Waals surface area contributed by atoms with Crippen molar-refractivity contribution in [2.24, 2.45) is 11.7 Å². The molecule has 0 aliphatic carbocycles. The van der Waals surface area contributed by atoms with Gasteiger partial charge in [-0.05, 0) is 60.4 Å². The van der Waals surface area contributed by atoms with E-state index in [0.717, 1.165) is 24.0 Å². The highest BCUT2D eigenvalue weighted by Gasteiger charge is 2.39. The average Bonchev–Trinajstić information content (AvgIpc) is 3.50. The molecular formula is C31H42ClN5O6S. The molecule has 44 heavy (non-hydrogen) atoms. The van der Waals surface area contributed by atoms with Gasteiger partial charge in [-0.15, -0.1) is 0 Å². The third-order valence-corrected chi connectivity index (χ3v) is 9.77. The number of nitrogens with zero attached hydrogens (tertiary/aromatic N) is 2. The van der Waals surface area contributed by atoms with Crippen LogP contribution >= 0.6 is 11.6 Å². The SMILES string of the molecule is CN(CC1CCOCC1)C(=O)C[C@@H](NS(=O)(=O)Cc1ccccc1)C(=O)N1CCC[C@H]1C(=O)NCc1cc(Cl)ccc1CN. The second kappa shape index (κ2) is 15.8. The normalized spacial score (nSPS) is 18.2. The van der Waals surface area contributed by atoms with Crippen molar-refractivity contribution in [1.29, 1.82) is 0 Å². The molecule has 0 radical (unpaired) electrons. The standard InChI is InChI=1S/C31H42ClN5O6S/c1-36(20-22-11-14-43-15-12-22)29(38)17-27(35-44(41,42)21-23-6-3-2-4-7-23)31(40)37-13-5-8-28(37)30(39)34-19-25-16-26(32)10-9-24(25)18-33/h2-4,6-7,9-10,16,22,27-28,35H,5,8,11-15,17-21,33H2,1H3,(H,34,39)/t27-,28+/m1/s1. The van der Waals surface area contributed by atoms with Gasteiger partial charge in [-0.25, -0.2) is 13.1 Å². The molecule has 2 saturated heterocycles. The molecule has 13 heteroatoms. The Bertz CT molecular complexity index is 1400. The van der Waals surface area contributed by atoms with Crippen LogP contribution in [0.25, 0.3) is 0 Å². The van der Waals surface area contributed by atoms with Gasteiger partial charge in [-0.3, -0.25) is 14.4 Å². The van der Waals surface area contributed by atoms with Crippen molar-refractivity contribution in [3.8, 4) is 0 Å². The van der Waals surface area contributed by atoms with Crippen molar-refractivity contribution < 1.29 is 27.5 Å². The summed E-state index contributed by atoms with van der Waals surface area (Å²) in [6, 6.07) is 11.7. The molecule has 3 amide bonds. The van der Waals surface area contributed by atoms with E-state index in [0.29, 0.717) is 43.2 Å². The second-order valence-corrected chi connectivity index (χ2v) is 13.7. The number of halogens is 1. The molecule has 4 rings (SSSR count). The van der Waals surface area contributed by atoms with Gasteiger partial charge < -0.3 is 25.6 Å². The third kappa shape index (κ3) is 9.48. The Hall–Kier alpha value is -3.03. The van der Waals surface area contributed by atoms with Crippen LogP contribution in [-0.4, -0.2) is 81.4 Å². The van der Waals surface area contributed by atoms with Crippen LogP contribution in [0.1, 0.15) is 48.8 Å². The number of ether oxygens (including phenoxy) is 1. The van der Waals surface area contributed by atoms with Crippen LogP contribution in [0.4, 0.5) is 0 Å². The summed E-state index contributed by atoms with van der Waals surface area (Å²) in [6.45, 7) is 2.48. The van der Waals surface area contributed by atoms with E-state index in [1.807, 2.05) is 0 Å². The number of nitrogens with two attached hydrogens (primary N) is 1. The van der Waals surface area contributed by atoms with Gasteiger partial charge in [0.25, 0.3) is 0 Å². The van der Waals surface area contributed by atoms with Gasteiger partial charge in [0.15, 0.2) is 0 Å². The minimum absolute atomic E-state index is 0.174. The predicted octanol–water partition coefficient (Wildman–Crippen LogP) is 2.17. The number of amides is 3. The first-order valence-corrected chi connectivity index (χ1v) is 17.0. The number of likely N-dealkylation sites (tertiary alicyclic amines) is 1. The maximum atomic E-state index is 14.0. The van der Waals surface area contributed by atoms with Crippen molar-refractivity contribution in [3.05, 3.63) is 70.2 Å². The van der Waals surface area contributed by atoms with E-state index in [1.54, 1.807) is 60.5 Å². The fourth-order valence-electron chi connectivity index (χ4n) is 5.74. The van der Waals surface area contributed by atoms with E-state index in [-0.39, 0.29) is 49.5 Å². The Kier molecular flexibility index (Phi) is 12.2. The third-order valence-electron chi connectivity index (χ3n) is 8.18. The van der Waals surface area contributed by atoms with Crippen LogP contribution in [0.15, 0.2) is 48.5 Å². The first-order valence-electron chi connectivity index (χ1n) is 15.0. The maximum Gasteiger partial charge on any atom is 0.243 e. The van der Waals surface area contributed by atoms with Gasteiger partial charge in [0, 0.05) is 51.5 Å². The zero-order valence-corrected chi connectivity index (χ0v) is 26.6. The van der Waals surface area contributed by atoms with Crippen molar-refractivity contribution in [2.75, 3.05) is 33.4 Å². The summed E-state index contributed by atoms with van der Waals surface area (Å²) in [5.41, 5.74) is 7.99. The lowest BCUT2D eigenvalue weighted by Crippen LogP contribution is -2.54. The van der Waals surface area contributed by atoms with Gasteiger partial charge in [0.05, 0.1) is 12.2 Å². The highest BCUT2D eigenvalue weighted by Crippen LogP contribution is 2.22. The molecule has 4 N–H and O–H groups in total. The summed E-state index contributed by atoms with van der Waals surface area (Å²) in [6.07, 6.45) is 2.28. The summed E-state index contributed by atoms with van der Waals surface area (Å²) in [7, 11) is -2.35. The summed E-state index contributed by atoms with van der Waals surface area (Å²) in [5.74, 6) is -1.40. The van der Waals surface area contributed by atoms with E-state index in [9.17, 15) is 22.8 Å². The van der Waals surface area contributed by atoms with Crippen LogP contribution in [0.5, 0.6) is 0 Å². The number of hydrogen-bond donors (Lipinski definition) is 3. The monoisotopic (exact) mass is 647 g/mol. The largest absolute Gasteiger partial charge is 0.381 e. The van der Waals surface area contributed by atoms with Gasteiger partial charge in [-0.1, -0.05) is 48.0 Å². The quantitative estimate of drug-likeness (QED) is 0.301. The Balaban J connectivity index is 1.48. The summed E-state index contributed by atoms with van der Waals surface area (Å²) >= 11 is 6.14. The predicted molar refractivity (Wildman–Crippen MR) is 168 cm³/mol. The molecule has 11 nitrogen and oxygen atoms in total. The molecule has 0 spiro atoms. The number of benzene rings is 2. The van der Waals surface area contributed by atoms with Crippen LogP contribution in [0.3, 0.4) is 0 Å². The van der Waals surface area contributed by atoms with Crippen LogP contribution in [0, 0.1) is 5.92 Å². The van der Waals surface area contributed by atoms with E-state index in [4.69, 9.17) is 22.1 Å². The molecule has 0 saturated carbocycles. The fraction of sp³-hybridized carbons (Fsp3) is 0.516. The lowest BCUT2D eigenvalue weighted by Gasteiger charge is -2.31. The molecule has 0 unspecified atom stereocenters. The van der Waals surface area contributed by atoms with Gasteiger partial charge in [-0.2, -0.15) is 0 Å². The molecule has 0 bridgehead atoms. The number of sulfonamides is 1. The highest BCUT2D eigenvalue weighted by molar-refractivity contribution is 7.88. The number of carbonyl (C=O) groups is 3. The summed E-state index contributed by atoms with van der Waals surface area (Å²) in [5, 5.41) is 3.40. The number of hydrogen-bond acceptors (Lipinski definition) is 7. The zero-order valence-electron chi connectivity index (χ0n) is 25.0. The lowest BCUT2D eigenvalue weighted by molar-refractivity contribution is -0.142. The molecule has 2 aromatic carbocycles. The molecule has 240 valence electrons. The molecule has 2 aliphatic rings. The van der Waals surface area contributed by atoms with Crippen molar-refractivity contribution in [1.82, 2.24) is 19.8 Å². The maximum absolute atomic E-state index is 14.0. The smallest absolute Gasteiger partial charge is 0.243 e. The van der Waals surface area contributed by atoms with Crippen LogP contribution in [-0.2, 0) is 48.0 Å². The molecule has 2 atom stereocenters. The molecule has 2 fully saturated rings. The fourth-order valence-corrected chi connectivity index (χ4v) is 7.27. The molecule has 0 aromatic heterocycles. The number of nitrogens with one attached hydrogen (secondary N) is 2. The summed E-state index contributed by atoms with van der Waals surface area (Å²) < 4.78 is 34.4. The Morgan fingerprint density at radius 2 is 1.82 bits per heavy atom. The number of rotatable bonds is 13. The van der Waals surface area contributed by atoms with Gasteiger partial charge in [0.2, 0.25) is 27.7 Å². The van der Waals surface area contributed by atoms with Crippen molar-refractivity contribution in [2.45, 2.75) is 63.0 Å². The average molecular weight is 648 g/mol. The lowest BCUT2D eigenvalue weighted by atomic mass is 9.99. The van der Waals surface area contributed by atoms with Gasteiger partial charge in [0.1, 0.15) is 12.1 Å². The zero-order chi connectivity index (χ0) is 31.7. The highest BCUT2D eigenvalue weighted by atomic mass is 35.5. The van der Waals surface area contributed by atoms with E-state index in [1.165, 1.54) is 4.90 Å². The first kappa shape index (κ1) is 33.9. The van der Waals surface area contributed by atoms with E-state index >= 15 is 0 Å². The molecule has 2 heterocycles. The minimum atomic E-state index is -4.01. The number of carbonyl (C=O) groups excluding carboxylic acids is 3. The van der Waals surface area contributed by atoms with E-state index < -0.39 is 28.0 Å². The van der Waals surface area contributed by atoms with E-state index in [2.05, 4.69) is 10.0 Å². The summed E-state index contributed by atoms with van der Waals surface area (Å²) in [4.78, 5) is 43.6. The Morgan fingerprint density at radius 1 is 1.09 bits per heavy atom. The van der Waals surface area contributed by atoms with Crippen molar-refractivity contribution >= 4 is 39.3 Å². The van der Waals surface area contributed by atoms with Gasteiger partial charge >= 0.3 is 0 Å². The van der Waals surface area contributed by atoms with Crippen molar-refractivity contribution in [3.63, 3.8) is 0 Å². The van der Waals surface area contributed by atoms with Crippen LogP contribution in [0.2, 0.25) is 5.02 Å². The topological polar surface area (TPSA) is 151 Å². The first-order chi connectivity index (χ1) is 21.1. The minimum Gasteiger partial charge on any atom is -0.381 e.